The van der Waals surface area contributed by atoms with Gasteiger partial charge in [0.15, 0.2) is 6.61 Å². The van der Waals surface area contributed by atoms with Crippen LogP contribution in [0.5, 0.6) is 0 Å². The molecule has 0 radical (unpaired) electrons. The molecule has 158 valence electrons. The number of carbonyl (C=O) groups excluding carboxylic acids is 2. The molecule has 0 saturated carbocycles. The van der Waals surface area contributed by atoms with E-state index >= 15 is 0 Å². The van der Waals surface area contributed by atoms with Gasteiger partial charge in [0.05, 0.1) is 4.90 Å². The number of hydrogen-bond donors (Lipinski definition) is 1. The monoisotopic (exact) mass is 412 g/mol. The smallest absolute Gasteiger partial charge is 0.306 e. The van der Waals surface area contributed by atoms with Crippen LogP contribution >= 0.6 is 0 Å². The van der Waals surface area contributed by atoms with Gasteiger partial charge < -0.3 is 10.1 Å². The molecule has 0 aliphatic rings. The largest absolute Gasteiger partial charge is 0.456 e. The highest BCUT2D eigenvalue weighted by Gasteiger charge is 2.21. The molecule has 1 rings (SSSR count). The van der Waals surface area contributed by atoms with Crippen LogP contribution < -0.4 is 5.32 Å². The van der Waals surface area contributed by atoms with E-state index in [-0.39, 0.29) is 29.9 Å². The van der Waals surface area contributed by atoms with E-state index in [2.05, 4.69) is 5.32 Å². The van der Waals surface area contributed by atoms with Gasteiger partial charge in [-0.05, 0) is 37.0 Å². The predicted molar refractivity (Wildman–Crippen MR) is 108 cm³/mol. The fourth-order valence-corrected chi connectivity index (χ4v) is 3.93. The molecule has 8 heteroatoms. The summed E-state index contributed by atoms with van der Waals surface area (Å²) in [6.45, 7) is 10.0. The highest BCUT2D eigenvalue weighted by molar-refractivity contribution is 7.89. The Labute approximate surface area is 168 Å². The van der Waals surface area contributed by atoms with Gasteiger partial charge in [0.1, 0.15) is 0 Å². The minimum absolute atomic E-state index is 0.0114. The maximum Gasteiger partial charge on any atom is 0.306 e. The SMILES string of the molecule is CCN(CC)S(=O)(=O)c1ccc(CCC(=O)OCC(=O)NC(C)C(C)C)cc1. The Bertz CT molecular complexity index is 740. The van der Waals surface area contributed by atoms with Crippen molar-refractivity contribution in [3.8, 4) is 0 Å². The van der Waals surface area contributed by atoms with Gasteiger partial charge in [-0.2, -0.15) is 4.31 Å². The van der Waals surface area contributed by atoms with Gasteiger partial charge in [-0.15, -0.1) is 0 Å². The van der Waals surface area contributed by atoms with E-state index in [0.29, 0.717) is 25.4 Å². The lowest BCUT2D eigenvalue weighted by molar-refractivity contribution is -0.148. The van der Waals surface area contributed by atoms with Gasteiger partial charge in [-0.25, -0.2) is 8.42 Å². The summed E-state index contributed by atoms with van der Waals surface area (Å²) in [6, 6.07) is 6.50. The van der Waals surface area contributed by atoms with Crippen molar-refractivity contribution in [2.24, 2.45) is 5.92 Å². The standard InChI is InChI=1S/C20H32N2O5S/c1-6-22(7-2)28(25,26)18-11-8-17(9-12-18)10-13-20(24)27-14-19(23)21-16(5)15(3)4/h8-9,11-12,15-16H,6-7,10,13-14H2,1-5H3,(H,21,23). The van der Waals surface area contributed by atoms with Crippen LogP contribution in [0, 0.1) is 5.92 Å². The Hall–Kier alpha value is -1.93. The van der Waals surface area contributed by atoms with E-state index in [4.69, 9.17) is 4.74 Å². The number of ether oxygens (including phenoxy) is 1. The average Bonchev–Trinajstić information content (AvgIpc) is 2.65. The quantitative estimate of drug-likeness (QED) is 0.563. The van der Waals surface area contributed by atoms with Crippen LogP contribution in [0.4, 0.5) is 0 Å². The molecule has 0 fully saturated rings. The van der Waals surface area contributed by atoms with Crippen LogP contribution in [0.15, 0.2) is 29.2 Å². The number of carbonyl (C=O) groups is 2. The molecule has 0 saturated heterocycles. The van der Waals surface area contributed by atoms with Gasteiger partial charge in [0, 0.05) is 25.6 Å². The van der Waals surface area contributed by atoms with Gasteiger partial charge in [-0.3, -0.25) is 9.59 Å². The number of esters is 1. The lowest BCUT2D eigenvalue weighted by Crippen LogP contribution is -2.38. The summed E-state index contributed by atoms with van der Waals surface area (Å²) in [7, 11) is -3.49. The summed E-state index contributed by atoms with van der Waals surface area (Å²) in [5.74, 6) is -0.485. The average molecular weight is 413 g/mol. The number of amides is 1. The van der Waals surface area contributed by atoms with Gasteiger partial charge >= 0.3 is 5.97 Å². The van der Waals surface area contributed by atoms with Gasteiger partial charge in [0.25, 0.3) is 5.91 Å². The molecule has 1 aromatic carbocycles. The first kappa shape index (κ1) is 24.1. The summed E-state index contributed by atoms with van der Waals surface area (Å²) in [5.41, 5.74) is 0.827. The Morgan fingerprint density at radius 1 is 1.07 bits per heavy atom. The number of aryl methyl sites for hydroxylation is 1. The topological polar surface area (TPSA) is 92.8 Å². The number of sulfonamides is 1. The molecule has 28 heavy (non-hydrogen) atoms. The number of benzene rings is 1. The molecule has 1 aromatic rings. The number of hydrogen-bond acceptors (Lipinski definition) is 5. The van der Waals surface area contributed by atoms with E-state index in [9.17, 15) is 18.0 Å². The van der Waals surface area contributed by atoms with E-state index in [1.54, 1.807) is 38.1 Å². The lowest BCUT2D eigenvalue weighted by Gasteiger charge is -2.18. The Kier molecular flexibility index (Phi) is 9.61. The van der Waals surface area contributed by atoms with Crippen molar-refractivity contribution in [3.05, 3.63) is 29.8 Å². The zero-order chi connectivity index (χ0) is 21.3. The molecule has 0 aliphatic carbocycles. The van der Waals surface area contributed by atoms with Crippen LogP contribution in [-0.2, 0) is 30.8 Å². The molecule has 1 atom stereocenters. The maximum atomic E-state index is 12.5. The van der Waals surface area contributed by atoms with Gasteiger partial charge in [-0.1, -0.05) is 39.8 Å². The third kappa shape index (κ3) is 7.24. The number of nitrogens with zero attached hydrogens (tertiary/aromatic N) is 1. The Balaban J connectivity index is 2.51. The van der Waals surface area contributed by atoms with Crippen molar-refractivity contribution in [1.29, 1.82) is 0 Å². The molecular formula is C20H32N2O5S. The molecule has 1 amide bonds. The Morgan fingerprint density at radius 2 is 1.64 bits per heavy atom. The molecule has 0 bridgehead atoms. The summed E-state index contributed by atoms with van der Waals surface area (Å²) in [5, 5.41) is 2.77. The first-order valence-electron chi connectivity index (χ1n) is 9.65. The normalized spacial score (nSPS) is 12.8. The summed E-state index contributed by atoms with van der Waals surface area (Å²) < 4.78 is 31.3. The summed E-state index contributed by atoms with van der Waals surface area (Å²) in [6.07, 6.45) is 0.531. The van der Waals surface area contributed by atoms with Gasteiger partial charge in [0.2, 0.25) is 10.0 Å². The van der Waals surface area contributed by atoms with Crippen LogP contribution in [-0.4, -0.2) is 50.3 Å². The maximum absolute atomic E-state index is 12.5. The van der Waals surface area contributed by atoms with Crippen LogP contribution in [0.2, 0.25) is 0 Å². The van der Waals surface area contributed by atoms with Crippen LogP contribution in [0.3, 0.4) is 0 Å². The van der Waals surface area contributed by atoms with Crippen molar-refractivity contribution >= 4 is 21.9 Å². The number of rotatable bonds is 11. The van der Waals surface area contributed by atoms with Crippen LogP contribution in [0.25, 0.3) is 0 Å². The summed E-state index contributed by atoms with van der Waals surface area (Å²) in [4.78, 5) is 23.8. The summed E-state index contributed by atoms with van der Waals surface area (Å²) >= 11 is 0. The molecule has 0 heterocycles. The second kappa shape index (κ2) is 11.2. The zero-order valence-electron chi connectivity index (χ0n) is 17.4. The molecule has 0 aliphatic heterocycles. The molecule has 0 aromatic heterocycles. The first-order chi connectivity index (χ1) is 13.1. The molecule has 1 unspecified atom stereocenters. The highest BCUT2D eigenvalue weighted by atomic mass is 32.2. The van der Waals surface area contributed by atoms with E-state index in [1.165, 1.54) is 4.31 Å². The predicted octanol–water partition coefficient (Wildman–Crippen LogP) is 2.35. The molecule has 7 nitrogen and oxygen atoms in total. The first-order valence-corrected chi connectivity index (χ1v) is 11.1. The van der Waals surface area contributed by atoms with Crippen LogP contribution in [0.1, 0.15) is 46.6 Å². The molecule has 1 N–H and O–H groups in total. The fraction of sp³-hybridized carbons (Fsp3) is 0.600. The van der Waals surface area contributed by atoms with E-state index < -0.39 is 16.0 Å². The second-order valence-corrected chi connectivity index (χ2v) is 8.93. The third-order valence-electron chi connectivity index (χ3n) is 4.64. The zero-order valence-corrected chi connectivity index (χ0v) is 18.2. The van der Waals surface area contributed by atoms with Crippen molar-refractivity contribution in [2.75, 3.05) is 19.7 Å². The Morgan fingerprint density at radius 3 is 2.14 bits per heavy atom. The van der Waals surface area contributed by atoms with E-state index in [1.807, 2.05) is 20.8 Å². The number of nitrogens with one attached hydrogen (secondary N) is 1. The molecule has 0 spiro atoms. The van der Waals surface area contributed by atoms with Crippen molar-refractivity contribution in [2.45, 2.75) is 58.4 Å². The minimum atomic E-state index is -3.49. The van der Waals surface area contributed by atoms with Crippen molar-refractivity contribution in [1.82, 2.24) is 9.62 Å². The second-order valence-electron chi connectivity index (χ2n) is 6.99. The van der Waals surface area contributed by atoms with E-state index in [0.717, 1.165) is 5.56 Å². The minimum Gasteiger partial charge on any atom is -0.456 e. The fourth-order valence-electron chi connectivity index (χ4n) is 2.47. The lowest BCUT2D eigenvalue weighted by atomic mass is 10.1. The van der Waals surface area contributed by atoms with Crippen molar-refractivity contribution < 1.29 is 22.7 Å². The third-order valence-corrected chi connectivity index (χ3v) is 6.70. The highest BCUT2D eigenvalue weighted by Crippen LogP contribution is 2.17. The molecular weight excluding hydrogens is 380 g/mol. The van der Waals surface area contributed by atoms with Crippen molar-refractivity contribution in [3.63, 3.8) is 0 Å².